The van der Waals surface area contributed by atoms with E-state index in [1.54, 1.807) is 0 Å². The van der Waals surface area contributed by atoms with Crippen LogP contribution < -0.4 is 10.2 Å². The van der Waals surface area contributed by atoms with Gasteiger partial charge in [0.2, 0.25) is 5.91 Å². The topological polar surface area (TPSA) is 32.3 Å². The lowest BCUT2D eigenvalue weighted by molar-refractivity contribution is -0.118. The SMILES string of the molecule is CNCCC(=O)N1CC(C)Sc2ccccc21. The molecule has 4 heteroatoms. The summed E-state index contributed by atoms with van der Waals surface area (Å²) >= 11 is 1.85. The van der Waals surface area contributed by atoms with Crippen LogP contribution in [0, 0.1) is 0 Å². The zero-order chi connectivity index (χ0) is 12.3. The van der Waals surface area contributed by atoms with Crippen LogP contribution in [0.2, 0.25) is 0 Å². The largest absolute Gasteiger partial charge is 0.319 e. The molecule has 0 spiro atoms. The van der Waals surface area contributed by atoms with Crippen molar-refractivity contribution in [2.45, 2.75) is 23.5 Å². The molecular weight excluding hydrogens is 232 g/mol. The van der Waals surface area contributed by atoms with Crippen LogP contribution in [0.25, 0.3) is 0 Å². The molecule has 0 fully saturated rings. The standard InChI is InChI=1S/C13H18N2OS/c1-10-9-15(13(16)7-8-14-2)11-5-3-4-6-12(11)17-10/h3-6,10,14H,7-9H2,1-2H3. The minimum atomic E-state index is 0.207. The summed E-state index contributed by atoms with van der Waals surface area (Å²) in [6.45, 7) is 3.71. The molecule has 0 saturated carbocycles. The number of benzene rings is 1. The fourth-order valence-electron chi connectivity index (χ4n) is 1.99. The molecule has 1 N–H and O–H groups in total. The molecule has 1 unspecified atom stereocenters. The Hall–Kier alpha value is -1.00. The Kier molecular flexibility index (Phi) is 4.07. The molecule has 1 aromatic rings. The Morgan fingerprint density at radius 3 is 3.06 bits per heavy atom. The molecule has 0 bridgehead atoms. The van der Waals surface area contributed by atoms with Crippen molar-refractivity contribution in [2.75, 3.05) is 25.0 Å². The van der Waals surface area contributed by atoms with Gasteiger partial charge in [-0.15, -0.1) is 11.8 Å². The van der Waals surface area contributed by atoms with Gasteiger partial charge in [0.25, 0.3) is 0 Å². The second-order valence-corrected chi connectivity index (χ2v) is 5.73. The molecule has 0 radical (unpaired) electrons. The monoisotopic (exact) mass is 250 g/mol. The van der Waals surface area contributed by atoms with Crippen molar-refractivity contribution in [3.8, 4) is 0 Å². The molecule has 0 saturated heterocycles. The molecule has 0 aromatic heterocycles. The maximum Gasteiger partial charge on any atom is 0.228 e. The molecule has 1 amide bonds. The average molecular weight is 250 g/mol. The fourth-order valence-corrected chi connectivity index (χ4v) is 3.11. The molecule has 1 aromatic carbocycles. The third kappa shape index (κ3) is 2.82. The van der Waals surface area contributed by atoms with Gasteiger partial charge in [0.05, 0.1) is 5.69 Å². The van der Waals surface area contributed by atoms with Gasteiger partial charge in [-0.05, 0) is 19.2 Å². The average Bonchev–Trinajstić information content (AvgIpc) is 2.34. The molecule has 3 nitrogen and oxygen atoms in total. The van der Waals surface area contributed by atoms with Crippen molar-refractivity contribution in [1.82, 2.24) is 5.32 Å². The minimum Gasteiger partial charge on any atom is -0.319 e. The van der Waals surface area contributed by atoms with E-state index in [2.05, 4.69) is 18.3 Å². The van der Waals surface area contributed by atoms with Gasteiger partial charge < -0.3 is 10.2 Å². The van der Waals surface area contributed by atoms with Crippen molar-refractivity contribution in [2.24, 2.45) is 0 Å². The van der Waals surface area contributed by atoms with Crippen molar-refractivity contribution in [1.29, 1.82) is 0 Å². The quantitative estimate of drug-likeness (QED) is 0.892. The number of carbonyl (C=O) groups excluding carboxylic acids is 1. The van der Waals surface area contributed by atoms with E-state index in [1.165, 1.54) is 4.90 Å². The summed E-state index contributed by atoms with van der Waals surface area (Å²) in [5.41, 5.74) is 1.07. The maximum absolute atomic E-state index is 12.1. The minimum absolute atomic E-state index is 0.207. The number of nitrogens with zero attached hydrogens (tertiary/aromatic N) is 1. The first-order chi connectivity index (χ1) is 8.22. The highest BCUT2D eigenvalue weighted by Crippen LogP contribution is 2.38. The van der Waals surface area contributed by atoms with Crippen LogP contribution in [-0.4, -0.2) is 31.3 Å². The third-order valence-corrected chi connectivity index (χ3v) is 3.96. The lowest BCUT2D eigenvalue weighted by Crippen LogP contribution is -2.39. The van der Waals surface area contributed by atoms with Gasteiger partial charge in [-0.1, -0.05) is 19.1 Å². The van der Waals surface area contributed by atoms with Crippen LogP contribution in [0.1, 0.15) is 13.3 Å². The molecule has 1 aliphatic heterocycles. The fraction of sp³-hybridized carbons (Fsp3) is 0.462. The number of amides is 1. The zero-order valence-electron chi connectivity index (χ0n) is 10.3. The van der Waals surface area contributed by atoms with Gasteiger partial charge in [-0.3, -0.25) is 4.79 Å². The van der Waals surface area contributed by atoms with Gasteiger partial charge in [-0.2, -0.15) is 0 Å². The molecule has 2 rings (SSSR count). The van der Waals surface area contributed by atoms with E-state index >= 15 is 0 Å². The molecule has 1 heterocycles. The second-order valence-electron chi connectivity index (χ2n) is 4.25. The molecule has 1 aliphatic rings. The predicted octanol–water partition coefficient (Wildman–Crippen LogP) is 2.12. The Morgan fingerprint density at radius 1 is 1.53 bits per heavy atom. The van der Waals surface area contributed by atoms with E-state index in [9.17, 15) is 4.79 Å². The molecule has 1 atom stereocenters. The molecular formula is C13H18N2OS. The van der Waals surface area contributed by atoms with E-state index in [0.29, 0.717) is 11.7 Å². The maximum atomic E-state index is 12.1. The number of thioether (sulfide) groups is 1. The lowest BCUT2D eigenvalue weighted by atomic mass is 10.2. The van der Waals surface area contributed by atoms with E-state index in [4.69, 9.17) is 0 Å². The Balaban J connectivity index is 2.20. The normalized spacial score (nSPS) is 18.9. The van der Waals surface area contributed by atoms with Gasteiger partial charge in [0, 0.05) is 29.7 Å². The van der Waals surface area contributed by atoms with Crippen LogP contribution in [0.4, 0.5) is 5.69 Å². The van der Waals surface area contributed by atoms with Crippen LogP contribution >= 0.6 is 11.8 Å². The summed E-state index contributed by atoms with van der Waals surface area (Å²) in [6.07, 6.45) is 0.558. The number of fused-ring (bicyclic) bond motifs is 1. The summed E-state index contributed by atoms with van der Waals surface area (Å²) in [5.74, 6) is 0.207. The van der Waals surface area contributed by atoms with Crippen molar-refractivity contribution in [3.63, 3.8) is 0 Å². The first-order valence-electron chi connectivity index (χ1n) is 5.93. The summed E-state index contributed by atoms with van der Waals surface area (Å²) in [7, 11) is 1.87. The Labute approximate surface area is 107 Å². The Bertz CT molecular complexity index is 408. The van der Waals surface area contributed by atoms with Gasteiger partial charge in [-0.25, -0.2) is 0 Å². The summed E-state index contributed by atoms with van der Waals surface area (Å²) < 4.78 is 0. The molecule has 92 valence electrons. The van der Waals surface area contributed by atoms with E-state index in [-0.39, 0.29) is 5.91 Å². The first kappa shape index (κ1) is 12.5. The van der Waals surface area contributed by atoms with Gasteiger partial charge >= 0.3 is 0 Å². The van der Waals surface area contributed by atoms with Crippen LogP contribution in [-0.2, 0) is 4.79 Å². The van der Waals surface area contributed by atoms with Gasteiger partial charge in [0.15, 0.2) is 0 Å². The van der Waals surface area contributed by atoms with E-state index in [0.717, 1.165) is 18.8 Å². The number of nitrogens with one attached hydrogen (secondary N) is 1. The third-order valence-electron chi connectivity index (χ3n) is 2.81. The summed E-state index contributed by atoms with van der Waals surface area (Å²) in [6, 6.07) is 8.15. The van der Waals surface area contributed by atoms with Gasteiger partial charge in [0.1, 0.15) is 0 Å². The van der Waals surface area contributed by atoms with Crippen molar-refractivity contribution < 1.29 is 4.79 Å². The highest BCUT2D eigenvalue weighted by molar-refractivity contribution is 8.00. The van der Waals surface area contributed by atoms with Crippen LogP contribution in [0.5, 0.6) is 0 Å². The second kappa shape index (κ2) is 5.56. The lowest BCUT2D eigenvalue weighted by Gasteiger charge is -2.32. The number of rotatable bonds is 3. The highest BCUT2D eigenvalue weighted by atomic mass is 32.2. The summed E-state index contributed by atoms with van der Waals surface area (Å²) in [4.78, 5) is 15.3. The Morgan fingerprint density at radius 2 is 2.29 bits per heavy atom. The van der Waals surface area contributed by atoms with Crippen LogP contribution in [0.15, 0.2) is 29.2 Å². The smallest absolute Gasteiger partial charge is 0.228 e. The van der Waals surface area contributed by atoms with Crippen molar-refractivity contribution >= 4 is 23.4 Å². The first-order valence-corrected chi connectivity index (χ1v) is 6.81. The predicted molar refractivity (Wildman–Crippen MR) is 72.7 cm³/mol. The zero-order valence-corrected chi connectivity index (χ0v) is 11.1. The summed E-state index contributed by atoms with van der Waals surface area (Å²) in [5, 5.41) is 3.48. The highest BCUT2D eigenvalue weighted by Gasteiger charge is 2.25. The molecule has 0 aliphatic carbocycles. The van der Waals surface area contributed by atoms with E-state index < -0.39 is 0 Å². The van der Waals surface area contributed by atoms with E-state index in [1.807, 2.05) is 41.9 Å². The number of hydrogen-bond acceptors (Lipinski definition) is 3. The van der Waals surface area contributed by atoms with Crippen LogP contribution in [0.3, 0.4) is 0 Å². The number of anilines is 1. The molecule has 17 heavy (non-hydrogen) atoms. The van der Waals surface area contributed by atoms with Crippen molar-refractivity contribution in [3.05, 3.63) is 24.3 Å². The number of hydrogen-bond donors (Lipinski definition) is 1. The number of carbonyl (C=O) groups is 1. The number of para-hydroxylation sites is 1.